The summed E-state index contributed by atoms with van der Waals surface area (Å²) in [7, 11) is 0. The highest BCUT2D eigenvalue weighted by molar-refractivity contribution is 5.44. The summed E-state index contributed by atoms with van der Waals surface area (Å²) in [6.07, 6.45) is 1.88. The Labute approximate surface area is 109 Å². The third kappa shape index (κ3) is 2.18. The van der Waals surface area contributed by atoms with Crippen LogP contribution in [-0.2, 0) is 6.54 Å². The summed E-state index contributed by atoms with van der Waals surface area (Å²) in [5.74, 6) is 0.409. The number of hydrogen-bond donors (Lipinski definition) is 1. The molecule has 0 unspecified atom stereocenters. The van der Waals surface area contributed by atoms with Gasteiger partial charge in [0.05, 0.1) is 17.6 Å². The van der Waals surface area contributed by atoms with Gasteiger partial charge in [0.25, 0.3) is 0 Å². The molecule has 2 rings (SSSR count). The molecule has 3 heteroatoms. The topological polar surface area (TPSA) is 43.8 Å². The van der Waals surface area contributed by atoms with Crippen LogP contribution in [0.5, 0.6) is 0 Å². The van der Waals surface area contributed by atoms with Crippen molar-refractivity contribution in [2.75, 3.05) is 0 Å². The Balaban J connectivity index is 2.60. The largest absolute Gasteiger partial charge is 0.326 e. The molecular formula is C15H21N3. The first-order valence-corrected chi connectivity index (χ1v) is 6.39. The van der Waals surface area contributed by atoms with E-state index >= 15 is 0 Å². The van der Waals surface area contributed by atoms with Crippen molar-refractivity contribution >= 4 is 0 Å². The summed E-state index contributed by atoms with van der Waals surface area (Å²) in [6, 6.07) is 6.43. The molecule has 0 bridgehead atoms. The molecule has 2 aromatic rings. The second-order valence-electron chi connectivity index (χ2n) is 5.12. The molecule has 2 N–H and O–H groups in total. The zero-order valence-electron chi connectivity index (χ0n) is 11.6. The molecule has 0 aliphatic carbocycles. The molecule has 0 saturated carbocycles. The Morgan fingerprint density at radius 3 is 2.56 bits per heavy atom. The number of nitrogens with zero attached hydrogens (tertiary/aromatic N) is 2. The predicted molar refractivity (Wildman–Crippen MR) is 75.0 cm³/mol. The number of benzene rings is 1. The summed E-state index contributed by atoms with van der Waals surface area (Å²) >= 11 is 0. The van der Waals surface area contributed by atoms with E-state index in [4.69, 9.17) is 5.73 Å². The fraction of sp³-hybridized carbons (Fsp3) is 0.400. The summed E-state index contributed by atoms with van der Waals surface area (Å²) < 4.78 is 2.03. The number of aryl methyl sites for hydroxylation is 2. The molecular weight excluding hydrogens is 222 g/mol. The fourth-order valence-electron chi connectivity index (χ4n) is 2.40. The van der Waals surface area contributed by atoms with Crippen LogP contribution < -0.4 is 5.73 Å². The van der Waals surface area contributed by atoms with Crippen LogP contribution >= 0.6 is 0 Å². The van der Waals surface area contributed by atoms with Crippen molar-refractivity contribution in [3.63, 3.8) is 0 Å². The van der Waals surface area contributed by atoms with E-state index in [2.05, 4.69) is 51.0 Å². The van der Waals surface area contributed by atoms with Crippen molar-refractivity contribution in [3.05, 3.63) is 46.8 Å². The lowest BCUT2D eigenvalue weighted by molar-refractivity contribution is 0.722. The van der Waals surface area contributed by atoms with Gasteiger partial charge in [0.2, 0.25) is 0 Å². The van der Waals surface area contributed by atoms with Crippen molar-refractivity contribution in [1.82, 2.24) is 9.78 Å². The van der Waals surface area contributed by atoms with Crippen LogP contribution in [0.1, 0.15) is 42.1 Å². The third-order valence-electron chi connectivity index (χ3n) is 3.23. The predicted octanol–water partition coefficient (Wildman–Crippen LogP) is 3.07. The Kier molecular flexibility index (Phi) is 3.53. The molecule has 0 aliphatic rings. The molecule has 0 amide bonds. The second-order valence-corrected chi connectivity index (χ2v) is 5.12. The maximum absolute atomic E-state index is 5.79. The SMILES string of the molecule is Cc1ccc(-n2ncc(CN)c2C(C)C)c(C)c1. The quantitative estimate of drug-likeness (QED) is 0.900. The Bertz CT molecular complexity index is 553. The molecule has 0 atom stereocenters. The summed E-state index contributed by atoms with van der Waals surface area (Å²) in [4.78, 5) is 0. The van der Waals surface area contributed by atoms with Gasteiger partial charge in [-0.15, -0.1) is 0 Å². The zero-order valence-corrected chi connectivity index (χ0v) is 11.6. The maximum Gasteiger partial charge on any atom is 0.0678 e. The van der Waals surface area contributed by atoms with Crippen LogP contribution in [0, 0.1) is 13.8 Å². The summed E-state index contributed by atoms with van der Waals surface area (Å²) in [6.45, 7) is 9.12. The van der Waals surface area contributed by atoms with E-state index in [1.54, 1.807) is 0 Å². The fourth-order valence-corrected chi connectivity index (χ4v) is 2.40. The van der Waals surface area contributed by atoms with Gasteiger partial charge in [0.1, 0.15) is 0 Å². The minimum atomic E-state index is 0.409. The van der Waals surface area contributed by atoms with Gasteiger partial charge >= 0.3 is 0 Å². The lowest BCUT2D eigenvalue weighted by Gasteiger charge is -2.14. The highest BCUT2D eigenvalue weighted by atomic mass is 15.3. The van der Waals surface area contributed by atoms with Crippen molar-refractivity contribution in [1.29, 1.82) is 0 Å². The van der Waals surface area contributed by atoms with Gasteiger partial charge in [-0.3, -0.25) is 0 Å². The lowest BCUT2D eigenvalue weighted by atomic mass is 10.0. The number of rotatable bonds is 3. The highest BCUT2D eigenvalue weighted by Crippen LogP contribution is 2.24. The Hall–Kier alpha value is -1.61. The molecule has 0 fully saturated rings. The standard InChI is InChI=1S/C15H21N3/c1-10(2)15-13(8-16)9-17-18(15)14-6-5-11(3)7-12(14)4/h5-7,9-10H,8,16H2,1-4H3. The van der Waals surface area contributed by atoms with Crippen molar-refractivity contribution < 1.29 is 0 Å². The molecule has 0 saturated heterocycles. The number of nitrogens with two attached hydrogens (primary N) is 1. The first-order valence-electron chi connectivity index (χ1n) is 6.39. The van der Waals surface area contributed by atoms with Crippen molar-refractivity contribution in [2.45, 2.75) is 40.2 Å². The zero-order chi connectivity index (χ0) is 13.3. The molecule has 1 aromatic carbocycles. The molecule has 18 heavy (non-hydrogen) atoms. The lowest BCUT2D eigenvalue weighted by Crippen LogP contribution is -2.08. The number of hydrogen-bond acceptors (Lipinski definition) is 2. The van der Waals surface area contributed by atoms with Gasteiger partial charge in [0.15, 0.2) is 0 Å². The Morgan fingerprint density at radius 1 is 1.28 bits per heavy atom. The first kappa shape index (κ1) is 12.8. The van der Waals surface area contributed by atoms with Gasteiger partial charge in [-0.2, -0.15) is 5.10 Å². The second kappa shape index (κ2) is 4.94. The monoisotopic (exact) mass is 243 g/mol. The molecule has 1 aromatic heterocycles. The van der Waals surface area contributed by atoms with E-state index in [0.29, 0.717) is 12.5 Å². The van der Waals surface area contributed by atoms with E-state index in [1.807, 2.05) is 10.9 Å². The van der Waals surface area contributed by atoms with E-state index in [1.165, 1.54) is 16.8 Å². The average molecular weight is 243 g/mol. The molecule has 1 heterocycles. The summed E-state index contributed by atoms with van der Waals surface area (Å²) in [5, 5.41) is 4.51. The average Bonchev–Trinajstić information content (AvgIpc) is 2.72. The van der Waals surface area contributed by atoms with Gasteiger partial charge in [-0.1, -0.05) is 31.5 Å². The Morgan fingerprint density at radius 2 is 2.00 bits per heavy atom. The van der Waals surface area contributed by atoms with Gasteiger partial charge < -0.3 is 5.73 Å². The highest BCUT2D eigenvalue weighted by Gasteiger charge is 2.15. The normalized spacial score (nSPS) is 11.2. The minimum absolute atomic E-state index is 0.409. The van der Waals surface area contributed by atoms with Gasteiger partial charge in [-0.05, 0) is 31.4 Å². The van der Waals surface area contributed by atoms with Crippen LogP contribution in [0.2, 0.25) is 0 Å². The molecule has 96 valence electrons. The first-order chi connectivity index (χ1) is 8.54. The van der Waals surface area contributed by atoms with Gasteiger partial charge in [-0.25, -0.2) is 4.68 Å². The van der Waals surface area contributed by atoms with Crippen LogP contribution in [0.15, 0.2) is 24.4 Å². The van der Waals surface area contributed by atoms with Crippen LogP contribution in [0.4, 0.5) is 0 Å². The van der Waals surface area contributed by atoms with Crippen LogP contribution in [-0.4, -0.2) is 9.78 Å². The summed E-state index contributed by atoms with van der Waals surface area (Å²) in [5.41, 5.74) is 11.8. The molecule has 0 radical (unpaired) electrons. The molecule has 0 spiro atoms. The smallest absolute Gasteiger partial charge is 0.0678 e. The minimum Gasteiger partial charge on any atom is -0.326 e. The van der Waals surface area contributed by atoms with E-state index < -0.39 is 0 Å². The van der Waals surface area contributed by atoms with Crippen LogP contribution in [0.3, 0.4) is 0 Å². The number of aromatic nitrogens is 2. The maximum atomic E-state index is 5.79. The van der Waals surface area contributed by atoms with Gasteiger partial charge in [0, 0.05) is 12.1 Å². The molecule has 3 nitrogen and oxygen atoms in total. The molecule has 0 aliphatic heterocycles. The van der Waals surface area contributed by atoms with Crippen molar-refractivity contribution in [3.8, 4) is 5.69 Å². The van der Waals surface area contributed by atoms with E-state index in [-0.39, 0.29) is 0 Å². The van der Waals surface area contributed by atoms with Crippen LogP contribution in [0.25, 0.3) is 5.69 Å². The van der Waals surface area contributed by atoms with E-state index in [0.717, 1.165) is 11.3 Å². The van der Waals surface area contributed by atoms with Crippen molar-refractivity contribution in [2.24, 2.45) is 5.73 Å². The third-order valence-corrected chi connectivity index (χ3v) is 3.23. The van der Waals surface area contributed by atoms with E-state index in [9.17, 15) is 0 Å².